The summed E-state index contributed by atoms with van der Waals surface area (Å²) in [6.45, 7) is 9.81. The SMILES string of the molecule is CC(=O)OC(/C=C/CO[Si](c1ccccc1)(c1ccccc1)C(C)(C)C)[C@]1(C)N=C(c2ccccc2)OC1=O. The van der Waals surface area contributed by atoms with Gasteiger partial charge in [-0.1, -0.05) is 106 Å². The molecule has 0 radical (unpaired) electrons. The van der Waals surface area contributed by atoms with Crippen LogP contribution in [0, 0.1) is 0 Å². The van der Waals surface area contributed by atoms with E-state index in [-0.39, 0.29) is 17.5 Å². The topological polar surface area (TPSA) is 74.2 Å². The van der Waals surface area contributed by atoms with E-state index in [0.717, 1.165) is 10.4 Å². The summed E-state index contributed by atoms with van der Waals surface area (Å²) in [7, 11) is -2.75. The average Bonchev–Trinajstić information content (AvgIpc) is 3.23. The van der Waals surface area contributed by atoms with Crippen molar-refractivity contribution in [3.05, 3.63) is 109 Å². The van der Waals surface area contributed by atoms with Crippen LogP contribution in [0.3, 0.4) is 0 Å². The van der Waals surface area contributed by atoms with E-state index in [9.17, 15) is 9.59 Å². The number of aliphatic imine (C=N–C) groups is 1. The molecule has 4 rings (SSSR count). The predicted molar refractivity (Wildman–Crippen MR) is 156 cm³/mol. The molecule has 6 nitrogen and oxygen atoms in total. The number of carbonyl (C=O) groups is 2. The second-order valence-corrected chi connectivity index (χ2v) is 15.1. The molecule has 0 bridgehead atoms. The zero-order valence-electron chi connectivity index (χ0n) is 23.1. The highest BCUT2D eigenvalue weighted by Crippen LogP contribution is 2.37. The molecule has 0 aromatic heterocycles. The summed E-state index contributed by atoms with van der Waals surface area (Å²) in [6, 6.07) is 29.9. The van der Waals surface area contributed by atoms with Gasteiger partial charge in [-0.05, 0) is 40.5 Å². The van der Waals surface area contributed by atoms with Crippen LogP contribution in [0.15, 0.2) is 108 Å². The first-order valence-electron chi connectivity index (χ1n) is 13.0. The molecule has 7 heteroatoms. The molecule has 0 fully saturated rings. The van der Waals surface area contributed by atoms with Crippen LogP contribution in [-0.2, 0) is 23.5 Å². The predicted octanol–water partition coefficient (Wildman–Crippen LogP) is 4.81. The summed E-state index contributed by atoms with van der Waals surface area (Å²) in [4.78, 5) is 29.6. The van der Waals surface area contributed by atoms with Gasteiger partial charge in [0.1, 0.15) is 0 Å². The van der Waals surface area contributed by atoms with Crippen molar-refractivity contribution < 1.29 is 23.5 Å². The largest absolute Gasteiger partial charge is 0.455 e. The maximum Gasteiger partial charge on any atom is 0.344 e. The van der Waals surface area contributed by atoms with E-state index in [0.29, 0.717) is 5.56 Å². The third-order valence-corrected chi connectivity index (χ3v) is 11.9. The number of carbonyl (C=O) groups excluding carboxylic acids is 2. The summed E-state index contributed by atoms with van der Waals surface area (Å²) in [5.74, 6) is -0.891. The van der Waals surface area contributed by atoms with Gasteiger partial charge in [-0.25, -0.2) is 9.79 Å². The highest BCUT2D eigenvalue weighted by molar-refractivity contribution is 6.99. The van der Waals surface area contributed by atoms with Gasteiger partial charge in [0, 0.05) is 12.5 Å². The highest BCUT2D eigenvalue weighted by Gasteiger charge is 2.51. The van der Waals surface area contributed by atoms with Crippen molar-refractivity contribution in [3.8, 4) is 0 Å². The first-order chi connectivity index (χ1) is 18.6. The number of hydrogen-bond acceptors (Lipinski definition) is 6. The maximum atomic E-state index is 13.0. The quantitative estimate of drug-likeness (QED) is 0.221. The van der Waals surface area contributed by atoms with Crippen molar-refractivity contribution in [1.82, 2.24) is 0 Å². The summed E-state index contributed by atoms with van der Waals surface area (Å²) < 4.78 is 18.0. The Bertz CT molecular complexity index is 1310. The molecule has 1 aliphatic rings. The molecule has 2 atom stereocenters. The fraction of sp³-hybridized carbons (Fsp3) is 0.281. The number of cyclic esters (lactones) is 1. The zero-order chi connectivity index (χ0) is 28.1. The second-order valence-electron chi connectivity index (χ2n) is 10.8. The van der Waals surface area contributed by atoms with Crippen LogP contribution in [0.25, 0.3) is 0 Å². The molecule has 0 amide bonds. The van der Waals surface area contributed by atoms with Crippen molar-refractivity contribution in [2.75, 3.05) is 6.61 Å². The lowest BCUT2D eigenvalue weighted by atomic mass is 9.95. The summed E-state index contributed by atoms with van der Waals surface area (Å²) >= 11 is 0. The Balaban J connectivity index is 1.65. The van der Waals surface area contributed by atoms with Crippen LogP contribution in [0.5, 0.6) is 0 Å². The fourth-order valence-electron chi connectivity index (χ4n) is 4.99. The van der Waals surface area contributed by atoms with Crippen molar-refractivity contribution in [2.24, 2.45) is 4.99 Å². The smallest absolute Gasteiger partial charge is 0.344 e. The Hall–Kier alpha value is -3.81. The Morgan fingerprint density at radius 2 is 1.46 bits per heavy atom. The molecular weight excluding hydrogens is 506 g/mol. The van der Waals surface area contributed by atoms with Crippen molar-refractivity contribution in [3.63, 3.8) is 0 Å². The zero-order valence-corrected chi connectivity index (χ0v) is 24.1. The summed E-state index contributed by atoms with van der Waals surface area (Å²) in [6.07, 6.45) is 2.52. The minimum absolute atomic E-state index is 0.186. The number of nitrogens with zero attached hydrogens (tertiary/aromatic N) is 1. The maximum absolute atomic E-state index is 13.0. The van der Waals surface area contributed by atoms with Crippen molar-refractivity contribution >= 4 is 36.5 Å². The summed E-state index contributed by atoms with van der Waals surface area (Å²) in [5.41, 5.74) is -0.750. The van der Waals surface area contributed by atoms with Gasteiger partial charge in [0.05, 0.1) is 6.61 Å². The molecule has 3 aromatic rings. The monoisotopic (exact) mass is 541 g/mol. The van der Waals surface area contributed by atoms with Gasteiger partial charge >= 0.3 is 11.9 Å². The average molecular weight is 542 g/mol. The van der Waals surface area contributed by atoms with E-state index < -0.39 is 31.9 Å². The molecular formula is C32H35NO5Si. The lowest BCUT2D eigenvalue weighted by Gasteiger charge is -2.42. The molecule has 202 valence electrons. The fourth-order valence-corrected chi connectivity index (χ4v) is 9.49. The number of hydrogen-bond donors (Lipinski definition) is 0. The minimum Gasteiger partial charge on any atom is -0.455 e. The van der Waals surface area contributed by atoms with Gasteiger partial charge < -0.3 is 13.9 Å². The lowest BCUT2D eigenvalue weighted by Crippen LogP contribution is -2.66. The first-order valence-corrected chi connectivity index (χ1v) is 15.0. The molecule has 0 saturated heterocycles. The van der Waals surface area contributed by atoms with E-state index in [2.05, 4.69) is 50.0 Å². The van der Waals surface area contributed by atoms with Gasteiger partial charge in [-0.2, -0.15) is 0 Å². The van der Waals surface area contributed by atoms with Crippen molar-refractivity contribution in [1.29, 1.82) is 0 Å². The van der Waals surface area contributed by atoms with E-state index in [1.54, 1.807) is 13.0 Å². The minimum atomic E-state index is -2.75. The second kappa shape index (κ2) is 11.5. The van der Waals surface area contributed by atoms with Crippen LogP contribution in [0.1, 0.15) is 40.2 Å². The number of rotatable bonds is 9. The first kappa shape index (κ1) is 28.2. The molecule has 0 N–H and O–H groups in total. The van der Waals surface area contributed by atoms with E-state index in [4.69, 9.17) is 13.9 Å². The van der Waals surface area contributed by atoms with Crippen LogP contribution >= 0.6 is 0 Å². The van der Waals surface area contributed by atoms with Gasteiger partial charge in [-0.15, -0.1) is 0 Å². The summed E-state index contributed by atoms with van der Waals surface area (Å²) in [5, 5.41) is 2.14. The molecule has 0 saturated carbocycles. The number of ether oxygens (including phenoxy) is 2. The third kappa shape index (κ3) is 5.79. The molecule has 1 aliphatic heterocycles. The Labute approximate surface area is 231 Å². The van der Waals surface area contributed by atoms with Crippen LogP contribution in [-0.4, -0.2) is 44.4 Å². The number of esters is 2. The molecule has 0 spiro atoms. The van der Waals surface area contributed by atoms with Crippen LogP contribution in [0.2, 0.25) is 5.04 Å². The molecule has 1 unspecified atom stereocenters. The van der Waals surface area contributed by atoms with E-state index in [1.807, 2.05) is 72.8 Å². The van der Waals surface area contributed by atoms with Gasteiger partial charge in [0.2, 0.25) is 5.90 Å². The van der Waals surface area contributed by atoms with Gasteiger partial charge in [-0.3, -0.25) is 4.79 Å². The van der Waals surface area contributed by atoms with E-state index >= 15 is 0 Å². The van der Waals surface area contributed by atoms with E-state index in [1.165, 1.54) is 6.92 Å². The Kier molecular flexibility index (Phi) is 8.33. The molecule has 3 aromatic carbocycles. The van der Waals surface area contributed by atoms with Gasteiger partial charge in [0.15, 0.2) is 11.6 Å². The standard InChI is InChI=1S/C32H35NO5Si/c1-24(34)37-28(32(5)30(35)38-29(33-32)25-16-9-6-10-17-25)22-15-23-36-39(31(2,3)4,26-18-11-7-12-19-26)27-20-13-8-14-21-27/h6-22,28H,23H2,1-5H3/b22-15+/t28?,32-/m0/s1. The third-order valence-electron chi connectivity index (χ3n) is 6.93. The highest BCUT2D eigenvalue weighted by atomic mass is 28.4. The van der Waals surface area contributed by atoms with Crippen LogP contribution < -0.4 is 10.4 Å². The molecule has 0 aliphatic carbocycles. The molecule has 39 heavy (non-hydrogen) atoms. The Morgan fingerprint density at radius 3 is 1.95 bits per heavy atom. The van der Waals surface area contributed by atoms with Crippen molar-refractivity contribution in [2.45, 2.75) is 51.3 Å². The number of benzene rings is 3. The van der Waals surface area contributed by atoms with Gasteiger partial charge in [0.25, 0.3) is 8.32 Å². The lowest BCUT2D eigenvalue weighted by molar-refractivity contribution is -0.152. The Morgan fingerprint density at radius 1 is 0.949 bits per heavy atom. The molecule has 1 heterocycles. The normalized spacial score (nSPS) is 18.5. The van der Waals surface area contributed by atoms with Crippen LogP contribution in [0.4, 0.5) is 0 Å².